The van der Waals surface area contributed by atoms with Crippen LogP contribution in [0.25, 0.3) is 0 Å². The molecule has 0 spiro atoms. The molecule has 0 aliphatic carbocycles. The van der Waals surface area contributed by atoms with Crippen molar-refractivity contribution in [3.8, 4) is 11.8 Å². The summed E-state index contributed by atoms with van der Waals surface area (Å²) in [4.78, 5) is 22.7. The van der Waals surface area contributed by atoms with Crippen LogP contribution in [0.5, 0.6) is 11.8 Å². The van der Waals surface area contributed by atoms with Gasteiger partial charge in [0.2, 0.25) is 17.6 Å². The molecule has 0 saturated heterocycles. The van der Waals surface area contributed by atoms with Crippen LogP contribution >= 0.6 is 0 Å². The fourth-order valence-corrected chi connectivity index (χ4v) is 2.43. The van der Waals surface area contributed by atoms with E-state index in [1.54, 1.807) is 19.2 Å². The minimum Gasteiger partial charge on any atom is -0.357 e. The Labute approximate surface area is 153 Å². The number of unbranched alkanes of at least 4 members (excludes halogenated alkanes) is 1. The lowest BCUT2D eigenvalue weighted by molar-refractivity contribution is -0.111. The van der Waals surface area contributed by atoms with Crippen LogP contribution in [0, 0.1) is 5.82 Å². The minimum absolute atomic E-state index is 0.0414. The Hall–Kier alpha value is -2.64. The summed E-state index contributed by atoms with van der Waals surface area (Å²) >= 11 is 0. The first-order valence-corrected chi connectivity index (χ1v) is 8.95. The largest absolute Gasteiger partial charge is 0.373 e. The molecule has 2 rings (SSSR count). The normalized spacial score (nSPS) is 11.7. The summed E-state index contributed by atoms with van der Waals surface area (Å²) in [7, 11) is 1.70. The van der Waals surface area contributed by atoms with Crippen molar-refractivity contribution < 1.29 is 14.2 Å². The molecule has 2 N–H and O–H groups in total. The van der Waals surface area contributed by atoms with E-state index < -0.39 is 5.82 Å². The summed E-state index contributed by atoms with van der Waals surface area (Å²) in [5.74, 6) is 0.156. The zero-order chi connectivity index (χ0) is 18.8. The van der Waals surface area contributed by atoms with E-state index in [1.807, 2.05) is 0 Å². The van der Waals surface area contributed by atoms with Gasteiger partial charge in [-0.05, 0) is 25.0 Å². The molecule has 8 heteroatoms. The highest BCUT2D eigenvalue weighted by molar-refractivity contribution is 5.36. The summed E-state index contributed by atoms with van der Waals surface area (Å²) in [6.45, 7) is 4.31. The lowest BCUT2D eigenvalue weighted by Crippen LogP contribution is -2.21. The van der Waals surface area contributed by atoms with Crippen LogP contribution in [0.2, 0.25) is 0 Å². The van der Waals surface area contributed by atoms with Gasteiger partial charge < -0.3 is 10.6 Å². The number of rotatable bonds is 11. The van der Waals surface area contributed by atoms with Crippen molar-refractivity contribution in [2.24, 2.45) is 0 Å². The Morgan fingerprint density at radius 3 is 2.46 bits per heavy atom. The van der Waals surface area contributed by atoms with Gasteiger partial charge in [0.15, 0.2) is 5.82 Å². The SMILES string of the molecule is CCCCC(CCC)Nc1nc(NC)nc(OOc2ccccc2F)n1. The third-order valence-electron chi connectivity index (χ3n) is 3.76. The lowest BCUT2D eigenvalue weighted by atomic mass is 10.1. The molecule has 0 bridgehead atoms. The van der Waals surface area contributed by atoms with Crippen molar-refractivity contribution in [2.45, 2.75) is 52.0 Å². The maximum absolute atomic E-state index is 13.6. The maximum Gasteiger partial charge on any atom is 0.373 e. The zero-order valence-corrected chi connectivity index (χ0v) is 15.5. The molecule has 1 atom stereocenters. The molecular formula is C18H26FN5O2. The number of nitrogens with zero attached hydrogens (tertiary/aromatic N) is 3. The van der Waals surface area contributed by atoms with Crippen LogP contribution in [0.15, 0.2) is 24.3 Å². The molecule has 0 aliphatic rings. The average Bonchev–Trinajstić information content (AvgIpc) is 2.65. The Morgan fingerprint density at radius 1 is 1.00 bits per heavy atom. The van der Waals surface area contributed by atoms with Gasteiger partial charge in [0.05, 0.1) is 0 Å². The minimum atomic E-state index is -0.531. The van der Waals surface area contributed by atoms with E-state index in [0.29, 0.717) is 11.9 Å². The average molecular weight is 363 g/mol. The molecule has 1 unspecified atom stereocenters. The number of anilines is 2. The third-order valence-corrected chi connectivity index (χ3v) is 3.76. The maximum atomic E-state index is 13.6. The van der Waals surface area contributed by atoms with Crippen LogP contribution in [0.3, 0.4) is 0 Å². The predicted octanol–water partition coefficient (Wildman–Crippen LogP) is 4.20. The number of hydrogen-bond donors (Lipinski definition) is 2. The molecule has 0 fully saturated rings. The second-order valence-electron chi connectivity index (χ2n) is 5.88. The second-order valence-corrected chi connectivity index (χ2v) is 5.88. The highest BCUT2D eigenvalue weighted by Gasteiger charge is 2.14. The van der Waals surface area contributed by atoms with Crippen molar-refractivity contribution >= 4 is 11.9 Å². The first kappa shape index (κ1) is 19.7. The standard InChI is InChI=1S/C18H26FN5O2/c1-4-6-10-13(9-5-2)21-17-22-16(20-3)23-18(24-17)26-25-15-12-8-7-11-14(15)19/h7-8,11-13H,4-6,9-10H2,1-3H3,(H2,20,21,22,23,24). The van der Waals surface area contributed by atoms with E-state index in [9.17, 15) is 4.39 Å². The van der Waals surface area contributed by atoms with Crippen LogP contribution in [-0.2, 0) is 0 Å². The van der Waals surface area contributed by atoms with E-state index >= 15 is 0 Å². The highest BCUT2D eigenvalue weighted by atomic mass is 19.1. The Kier molecular flexibility index (Phi) is 7.85. The first-order chi connectivity index (χ1) is 12.7. The van der Waals surface area contributed by atoms with E-state index in [2.05, 4.69) is 39.4 Å². The first-order valence-electron chi connectivity index (χ1n) is 8.95. The van der Waals surface area contributed by atoms with E-state index in [0.717, 1.165) is 32.1 Å². The number of para-hydroxylation sites is 1. The van der Waals surface area contributed by atoms with Crippen molar-refractivity contribution in [1.29, 1.82) is 0 Å². The molecule has 0 radical (unpaired) electrons. The van der Waals surface area contributed by atoms with Crippen molar-refractivity contribution in [2.75, 3.05) is 17.7 Å². The molecule has 1 aromatic carbocycles. The number of hydrogen-bond acceptors (Lipinski definition) is 7. The molecule has 1 aromatic heterocycles. The van der Waals surface area contributed by atoms with Crippen LogP contribution in [-0.4, -0.2) is 28.0 Å². The number of aromatic nitrogens is 3. The summed E-state index contributed by atoms with van der Waals surface area (Å²) < 4.78 is 13.6. The topological polar surface area (TPSA) is 81.2 Å². The van der Waals surface area contributed by atoms with Crippen molar-refractivity contribution in [3.05, 3.63) is 30.1 Å². The highest BCUT2D eigenvalue weighted by Crippen LogP contribution is 2.19. The van der Waals surface area contributed by atoms with Gasteiger partial charge in [-0.15, -0.1) is 0 Å². The Bertz CT molecular complexity index is 686. The quantitative estimate of drug-likeness (QED) is 0.457. The number of halogens is 1. The van der Waals surface area contributed by atoms with Gasteiger partial charge in [0.1, 0.15) is 0 Å². The van der Waals surface area contributed by atoms with E-state index in [-0.39, 0.29) is 17.8 Å². The van der Waals surface area contributed by atoms with Crippen LogP contribution in [0.1, 0.15) is 46.0 Å². The van der Waals surface area contributed by atoms with Crippen LogP contribution < -0.4 is 20.4 Å². The van der Waals surface area contributed by atoms with Crippen LogP contribution in [0.4, 0.5) is 16.3 Å². The monoisotopic (exact) mass is 363 g/mol. The zero-order valence-electron chi connectivity index (χ0n) is 15.5. The van der Waals surface area contributed by atoms with Gasteiger partial charge in [-0.25, -0.2) is 9.28 Å². The summed E-state index contributed by atoms with van der Waals surface area (Å²) in [5, 5.41) is 6.18. The van der Waals surface area contributed by atoms with E-state index in [1.165, 1.54) is 12.1 Å². The summed E-state index contributed by atoms with van der Waals surface area (Å²) in [6.07, 6.45) is 5.37. The molecule has 0 amide bonds. The molecule has 0 saturated carbocycles. The summed E-state index contributed by atoms with van der Waals surface area (Å²) in [6, 6.07) is 6.16. The van der Waals surface area contributed by atoms with Gasteiger partial charge in [0.25, 0.3) is 0 Å². The van der Waals surface area contributed by atoms with Gasteiger partial charge >= 0.3 is 6.01 Å². The molecule has 7 nitrogen and oxygen atoms in total. The van der Waals surface area contributed by atoms with Crippen molar-refractivity contribution in [3.63, 3.8) is 0 Å². The van der Waals surface area contributed by atoms with Gasteiger partial charge in [-0.3, -0.25) is 4.89 Å². The fourth-order valence-electron chi connectivity index (χ4n) is 2.43. The third kappa shape index (κ3) is 6.02. The molecular weight excluding hydrogens is 337 g/mol. The molecule has 142 valence electrons. The molecule has 26 heavy (non-hydrogen) atoms. The predicted molar refractivity (Wildman–Crippen MR) is 98.9 cm³/mol. The number of benzene rings is 1. The van der Waals surface area contributed by atoms with Gasteiger partial charge in [-0.2, -0.15) is 15.0 Å². The van der Waals surface area contributed by atoms with Gasteiger partial charge in [0, 0.05) is 13.1 Å². The van der Waals surface area contributed by atoms with E-state index in [4.69, 9.17) is 9.78 Å². The molecule has 2 aromatic rings. The molecule has 1 heterocycles. The fraction of sp³-hybridized carbons (Fsp3) is 0.500. The summed E-state index contributed by atoms with van der Waals surface area (Å²) in [5.41, 5.74) is 0. The Morgan fingerprint density at radius 2 is 1.77 bits per heavy atom. The molecule has 0 aliphatic heterocycles. The van der Waals surface area contributed by atoms with Crippen molar-refractivity contribution in [1.82, 2.24) is 15.0 Å². The smallest absolute Gasteiger partial charge is 0.357 e. The second kappa shape index (κ2) is 10.4. The Balaban J connectivity index is 2.10. The lowest BCUT2D eigenvalue weighted by Gasteiger charge is -2.18. The number of nitrogens with one attached hydrogen (secondary N) is 2. The van der Waals surface area contributed by atoms with Gasteiger partial charge in [-0.1, -0.05) is 45.2 Å².